The van der Waals surface area contributed by atoms with Crippen LogP contribution in [0.3, 0.4) is 0 Å². The largest absolute Gasteiger partial charge is 0.465 e. The summed E-state index contributed by atoms with van der Waals surface area (Å²) in [7, 11) is 1.32. The Morgan fingerprint density at radius 1 is 1.17 bits per heavy atom. The average Bonchev–Trinajstić information content (AvgIpc) is 3.39. The second-order valence-electron chi connectivity index (χ2n) is 6.37. The highest BCUT2D eigenvalue weighted by atomic mass is 16.5. The van der Waals surface area contributed by atoms with Gasteiger partial charge >= 0.3 is 5.97 Å². The number of tetrazole rings is 1. The van der Waals surface area contributed by atoms with Crippen LogP contribution in [0.5, 0.6) is 0 Å². The van der Waals surface area contributed by atoms with Gasteiger partial charge in [0.2, 0.25) is 0 Å². The van der Waals surface area contributed by atoms with Gasteiger partial charge in [-0.15, -0.1) is 5.10 Å². The number of nitrogens with zero attached hydrogens (tertiary/aromatic N) is 3. The fraction of sp³-hybridized carbons (Fsp3) is 0.150. The third-order valence-corrected chi connectivity index (χ3v) is 4.64. The van der Waals surface area contributed by atoms with Crippen molar-refractivity contribution >= 4 is 28.8 Å². The molecule has 9 nitrogen and oxygen atoms in total. The fourth-order valence-electron chi connectivity index (χ4n) is 3.21. The van der Waals surface area contributed by atoms with Crippen molar-refractivity contribution in [1.29, 1.82) is 0 Å². The zero-order chi connectivity index (χ0) is 20.4. The monoisotopic (exact) mass is 390 g/mol. The lowest BCUT2D eigenvalue weighted by molar-refractivity contribution is -0.110. The second kappa shape index (κ2) is 7.55. The molecule has 1 aromatic heterocycles. The molecular weight excluding hydrogens is 372 g/mol. The number of rotatable bonds is 5. The van der Waals surface area contributed by atoms with Crippen molar-refractivity contribution in [3.05, 3.63) is 59.3 Å². The molecule has 1 amide bonds. The zero-order valence-electron chi connectivity index (χ0n) is 15.8. The minimum Gasteiger partial charge on any atom is -0.465 e. The molecule has 1 aliphatic rings. The van der Waals surface area contributed by atoms with E-state index in [9.17, 15) is 9.59 Å². The van der Waals surface area contributed by atoms with E-state index in [1.807, 2.05) is 31.2 Å². The summed E-state index contributed by atoms with van der Waals surface area (Å²) < 4.78 is 4.74. The standard InChI is InChI=1S/C20H18N6O3/c1-3-15(21-13-7-4-11(5-8-13)18-23-25-26-24-18)17-14-9-6-12(20(28)29-2)10-16(14)22-19(17)27/h4-10,21H,3H2,1-2H3,(H,22,27)(H,23,24,25,26). The Labute approximate surface area is 166 Å². The van der Waals surface area contributed by atoms with E-state index in [-0.39, 0.29) is 5.91 Å². The van der Waals surface area contributed by atoms with Crippen LogP contribution in [0.4, 0.5) is 11.4 Å². The molecule has 4 rings (SSSR count). The van der Waals surface area contributed by atoms with Crippen LogP contribution in [-0.4, -0.2) is 39.6 Å². The topological polar surface area (TPSA) is 122 Å². The number of nitrogens with one attached hydrogen (secondary N) is 3. The van der Waals surface area contributed by atoms with Crippen LogP contribution in [0.15, 0.2) is 48.2 Å². The summed E-state index contributed by atoms with van der Waals surface area (Å²) in [5, 5.41) is 19.9. The molecule has 1 aliphatic heterocycles. The highest BCUT2D eigenvalue weighted by Crippen LogP contribution is 2.36. The molecule has 0 fully saturated rings. The molecule has 9 heteroatoms. The third-order valence-electron chi connectivity index (χ3n) is 4.64. The Morgan fingerprint density at radius 3 is 2.62 bits per heavy atom. The fourth-order valence-corrected chi connectivity index (χ4v) is 3.21. The van der Waals surface area contributed by atoms with Crippen molar-refractivity contribution < 1.29 is 14.3 Å². The van der Waals surface area contributed by atoms with Crippen molar-refractivity contribution in [1.82, 2.24) is 20.6 Å². The smallest absolute Gasteiger partial charge is 0.337 e. The second-order valence-corrected chi connectivity index (χ2v) is 6.37. The summed E-state index contributed by atoms with van der Waals surface area (Å²) in [4.78, 5) is 24.4. The average molecular weight is 390 g/mol. The molecule has 0 unspecified atom stereocenters. The molecule has 2 heterocycles. The van der Waals surface area contributed by atoms with Gasteiger partial charge < -0.3 is 15.4 Å². The van der Waals surface area contributed by atoms with Crippen LogP contribution in [-0.2, 0) is 9.53 Å². The molecule has 29 heavy (non-hydrogen) atoms. The van der Waals surface area contributed by atoms with E-state index in [1.54, 1.807) is 18.2 Å². The molecule has 2 aromatic carbocycles. The van der Waals surface area contributed by atoms with E-state index in [0.29, 0.717) is 29.1 Å². The SMILES string of the molecule is CCC(Nc1ccc(-c2nnn[nH]2)cc1)=C1C(=O)Nc2cc(C(=O)OC)ccc21. The van der Waals surface area contributed by atoms with Gasteiger partial charge in [-0.3, -0.25) is 4.79 Å². The van der Waals surface area contributed by atoms with Gasteiger partial charge in [0.15, 0.2) is 5.82 Å². The zero-order valence-corrected chi connectivity index (χ0v) is 15.8. The molecule has 0 aliphatic carbocycles. The molecule has 0 saturated heterocycles. The minimum absolute atomic E-state index is 0.212. The molecule has 3 N–H and O–H groups in total. The first kappa shape index (κ1) is 18.4. The molecule has 3 aromatic rings. The lowest BCUT2D eigenvalue weighted by Crippen LogP contribution is -2.10. The quantitative estimate of drug-likeness (QED) is 0.452. The number of hydrogen-bond acceptors (Lipinski definition) is 7. The number of amides is 1. The Balaban J connectivity index is 1.65. The number of aromatic nitrogens is 4. The van der Waals surface area contributed by atoms with Gasteiger partial charge in [-0.2, -0.15) is 0 Å². The van der Waals surface area contributed by atoms with Crippen molar-refractivity contribution in [2.75, 3.05) is 17.7 Å². The number of benzene rings is 2. The van der Waals surface area contributed by atoms with Gasteiger partial charge in [-0.25, -0.2) is 9.89 Å². The van der Waals surface area contributed by atoms with Crippen LogP contribution >= 0.6 is 0 Å². The maximum absolute atomic E-state index is 12.6. The Kier molecular flexibility index (Phi) is 4.78. The molecule has 0 radical (unpaired) electrons. The summed E-state index contributed by atoms with van der Waals surface area (Å²) in [5.74, 6) is -0.0813. The van der Waals surface area contributed by atoms with Gasteiger partial charge in [0.25, 0.3) is 5.91 Å². The van der Waals surface area contributed by atoms with Crippen molar-refractivity contribution in [3.8, 4) is 11.4 Å². The predicted octanol–water partition coefficient (Wildman–Crippen LogP) is 2.84. The van der Waals surface area contributed by atoms with Crippen LogP contribution in [0.2, 0.25) is 0 Å². The number of carbonyl (C=O) groups is 2. The Bertz CT molecular complexity index is 1100. The van der Waals surface area contributed by atoms with Crippen LogP contribution in [0.25, 0.3) is 17.0 Å². The number of H-pyrrole nitrogens is 1. The van der Waals surface area contributed by atoms with Gasteiger partial charge in [-0.05, 0) is 53.2 Å². The van der Waals surface area contributed by atoms with Gasteiger partial charge in [-0.1, -0.05) is 13.0 Å². The number of ether oxygens (including phenoxy) is 1. The van der Waals surface area contributed by atoms with E-state index in [1.165, 1.54) is 7.11 Å². The van der Waals surface area contributed by atoms with Crippen molar-refractivity contribution in [2.24, 2.45) is 0 Å². The summed E-state index contributed by atoms with van der Waals surface area (Å²) in [6.45, 7) is 1.97. The van der Waals surface area contributed by atoms with E-state index in [4.69, 9.17) is 4.74 Å². The molecule has 0 atom stereocenters. The maximum Gasteiger partial charge on any atom is 0.337 e. The molecule has 0 bridgehead atoms. The van der Waals surface area contributed by atoms with Crippen LogP contribution < -0.4 is 10.6 Å². The maximum atomic E-state index is 12.6. The van der Waals surface area contributed by atoms with E-state index in [2.05, 4.69) is 31.3 Å². The number of methoxy groups -OCH3 is 1. The van der Waals surface area contributed by atoms with Crippen LogP contribution in [0.1, 0.15) is 29.3 Å². The highest BCUT2D eigenvalue weighted by Gasteiger charge is 2.28. The number of aromatic amines is 1. The molecular formula is C20H18N6O3. The Morgan fingerprint density at radius 2 is 1.97 bits per heavy atom. The summed E-state index contributed by atoms with van der Waals surface area (Å²) in [6, 6.07) is 12.6. The molecule has 0 spiro atoms. The molecule has 0 saturated carbocycles. The van der Waals surface area contributed by atoms with Crippen molar-refractivity contribution in [2.45, 2.75) is 13.3 Å². The van der Waals surface area contributed by atoms with Gasteiger partial charge in [0, 0.05) is 22.5 Å². The number of fused-ring (bicyclic) bond motifs is 1. The predicted molar refractivity (Wildman–Crippen MR) is 107 cm³/mol. The number of anilines is 2. The van der Waals surface area contributed by atoms with Crippen molar-refractivity contribution in [3.63, 3.8) is 0 Å². The summed E-state index contributed by atoms with van der Waals surface area (Å²) in [5.41, 5.74) is 4.74. The van der Waals surface area contributed by atoms with Crippen LogP contribution in [0, 0.1) is 0 Å². The normalized spacial score (nSPS) is 14.2. The summed E-state index contributed by atoms with van der Waals surface area (Å²) >= 11 is 0. The van der Waals surface area contributed by atoms with Gasteiger partial charge in [0.05, 0.1) is 23.9 Å². The number of esters is 1. The lowest BCUT2D eigenvalue weighted by atomic mass is 10.0. The number of carbonyl (C=O) groups excluding carboxylic acids is 2. The first-order valence-electron chi connectivity index (χ1n) is 8.99. The number of hydrogen-bond donors (Lipinski definition) is 3. The van der Waals surface area contributed by atoms with E-state index < -0.39 is 5.97 Å². The first-order valence-corrected chi connectivity index (χ1v) is 8.99. The Hall–Kier alpha value is -4.01. The van der Waals surface area contributed by atoms with Gasteiger partial charge in [0.1, 0.15) is 0 Å². The minimum atomic E-state index is -0.449. The summed E-state index contributed by atoms with van der Waals surface area (Å²) in [6.07, 6.45) is 0.620. The first-order chi connectivity index (χ1) is 14.1. The lowest BCUT2D eigenvalue weighted by Gasteiger charge is -2.13. The third kappa shape index (κ3) is 3.45. The number of allylic oxidation sites excluding steroid dienone is 1. The van der Waals surface area contributed by atoms with E-state index >= 15 is 0 Å². The molecule has 146 valence electrons. The van der Waals surface area contributed by atoms with E-state index in [0.717, 1.165) is 22.5 Å². The highest BCUT2D eigenvalue weighted by molar-refractivity contribution is 6.32.